The van der Waals surface area contributed by atoms with Crippen LogP contribution in [0.5, 0.6) is 5.75 Å². The maximum Gasteiger partial charge on any atom is 0.211 e. The van der Waals surface area contributed by atoms with Gasteiger partial charge in [-0.25, -0.2) is 13.1 Å². The highest BCUT2D eigenvalue weighted by molar-refractivity contribution is 7.89. The Morgan fingerprint density at radius 3 is 2.59 bits per heavy atom. The second kappa shape index (κ2) is 10.7. The first kappa shape index (κ1) is 25.3. The van der Waals surface area contributed by atoms with Crippen molar-refractivity contribution in [3.63, 3.8) is 0 Å². The summed E-state index contributed by atoms with van der Waals surface area (Å²) >= 11 is 6.15. The van der Waals surface area contributed by atoms with Crippen LogP contribution in [0.1, 0.15) is 55.3 Å². The first-order valence-electron chi connectivity index (χ1n) is 11.3. The van der Waals surface area contributed by atoms with Crippen molar-refractivity contribution in [3.05, 3.63) is 64.2 Å². The molecule has 0 radical (unpaired) electrons. The molecular formula is C24H32Cl2N2O3S. The van der Waals surface area contributed by atoms with Gasteiger partial charge >= 0.3 is 0 Å². The van der Waals surface area contributed by atoms with Crippen LogP contribution in [0.4, 0.5) is 0 Å². The molecule has 4 rings (SSSR count). The van der Waals surface area contributed by atoms with E-state index in [2.05, 4.69) is 34.3 Å². The van der Waals surface area contributed by atoms with E-state index in [1.807, 2.05) is 25.1 Å². The number of ether oxygens (including phenoxy) is 1. The molecule has 1 atom stereocenters. The molecule has 1 heterocycles. The molecule has 176 valence electrons. The van der Waals surface area contributed by atoms with Gasteiger partial charge in [-0.2, -0.15) is 0 Å². The second-order valence-electron chi connectivity index (χ2n) is 8.69. The van der Waals surface area contributed by atoms with E-state index < -0.39 is 10.0 Å². The van der Waals surface area contributed by atoms with E-state index in [1.165, 1.54) is 36.0 Å². The summed E-state index contributed by atoms with van der Waals surface area (Å²) in [6, 6.07) is 15.1. The van der Waals surface area contributed by atoms with Gasteiger partial charge in [-0.3, -0.25) is 0 Å². The van der Waals surface area contributed by atoms with Crippen LogP contribution >= 0.6 is 11.6 Å². The molecule has 1 unspecified atom stereocenters. The molecule has 1 aliphatic carbocycles. The highest BCUT2D eigenvalue weighted by Gasteiger charge is 2.50. The summed E-state index contributed by atoms with van der Waals surface area (Å²) in [7, 11) is -3.20. The van der Waals surface area contributed by atoms with Crippen LogP contribution in [0.2, 0.25) is 5.02 Å². The number of halogens is 2. The fraction of sp³-hybridized carbons (Fsp3) is 0.500. The van der Waals surface area contributed by atoms with E-state index in [0.717, 1.165) is 23.7 Å². The number of sulfonamides is 1. The standard InChI is InChI=1S/C24H31ClN2O3S.ClH/c1-2-16-31(28,29)27-14-15-30-21-9-4-18-10-13-26-23(22(18)17-21)24(11-3-12-24)19-5-7-20(25)8-6-19;/h4-9,17,23,26-27H,2-3,10-16H2,1H3;1H. The number of nitrogens with one attached hydrogen (secondary N) is 1. The van der Waals surface area contributed by atoms with Gasteiger partial charge in [0.15, 0.2) is 0 Å². The molecule has 1 saturated carbocycles. The van der Waals surface area contributed by atoms with Crippen LogP contribution in [-0.2, 0) is 21.9 Å². The molecule has 0 bridgehead atoms. The fourth-order valence-corrected chi connectivity index (χ4v) is 6.26. The Kier molecular flexibility index (Phi) is 8.50. The molecule has 0 spiro atoms. The van der Waals surface area contributed by atoms with Crippen LogP contribution in [0.25, 0.3) is 0 Å². The van der Waals surface area contributed by atoms with Crippen molar-refractivity contribution < 1.29 is 30.9 Å². The molecule has 3 N–H and O–H groups in total. The van der Waals surface area contributed by atoms with Crippen molar-refractivity contribution in [2.24, 2.45) is 0 Å². The molecule has 32 heavy (non-hydrogen) atoms. The van der Waals surface area contributed by atoms with Crippen LogP contribution in [0.15, 0.2) is 42.5 Å². The Morgan fingerprint density at radius 1 is 1.19 bits per heavy atom. The summed E-state index contributed by atoms with van der Waals surface area (Å²) in [5.41, 5.74) is 4.25. The third kappa shape index (κ3) is 5.42. The molecule has 0 saturated heterocycles. The van der Waals surface area contributed by atoms with Crippen LogP contribution in [-0.4, -0.2) is 33.9 Å². The number of hydrogen-bond acceptors (Lipinski definition) is 3. The van der Waals surface area contributed by atoms with Gasteiger partial charge in [0.2, 0.25) is 10.0 Å². The Morgan fingerprint density at radius 2 is 1.94 bits per heavy atom. The molecule has 5 nitrogen and oxygen atoms in total. The second-order valence-corrected chi connectivity index (χ2v) is 11.1. The van der Waals surface area contributed by atoms with E-state index in [0.29, 0.717) is 19.1 Å². The van der Waals surface area contributed by atoms with Crippen LogP contribution in [0.3, 0.4) is 0 Å². The lowest BCUT2D eigenvalue weighted by Gasteiger charge is -2.48. The molecule has 2 aromatic carbocycles. The van der Waals surface area contributed by atoms with E-state index >= 15 is 0 Å². The summed E-state index contributed by atoms with van der Waals surface area (Å²) in [5, 5.41) is 3.26. The molecule has 1 aliphatic heterocycles. The predicted molar refractivity (Wildman–Crippen MR) is 124 cm³/mol. The quantitative estimate of drug-likeness (QED) is 0.489. The third-order valence-corrected chi connectivity index (χ3v) is 8.54. The molecule has 2 aliphatic rings. The van der Waals surface area contributed by atoms with Crippen molar-refractivity contribution in [2.75, 3.05) is 25.4 Å². The largest absolute Gasteiger partial charge is 1.00 e. The van der Waals surface area contributed by atoms with Gasteiger partial charge in [0.1, 0.15) is 18.4 Å². The maximum atomic E-state index is 11.8. The van der Waals surface area contributed by atoms with Crippen LogP contribution in [0, 0.1) is 0 Å². The minimum absolute atomic E-state index is 0. The minimum Gasteiger partial charge on any atom is -1.00 e. The number of rotatable bonds is 9. The number of benzene rings is 2. The van der Waals surface area contributed by atoms with Crippen molar-refractivity contribution in [3.8, 4) is 5.75 Å². The molecule has 2 aromatic rings. The normalized spacial score (nSPS) is 19.4. The van der Waals surface area contributed by atoms with Gasteiger partial charge in [0.25, 0.3) is 0 Å². The third-order valence-electron chi connectivity index (χ3n) is 6.69. The average molecular weight is 500 g/mol. The zero-order valence-corrected chi connectivity index (χ0v) is 20.8. The topological polar surface area (TPSA) is 72.0 Å². The van der Waals surface area contributed by atoms with Crippen molar-refractivity contribution in [1.82, 2.24) is 4.72 Å². The summed E-state index contributed by atoms with van der Waals surface area (Å²) in [6.45, 7) is 3.55. The van der Waals surface area contributed by atoms with E-state index in [1.54, 1.807) is 0 Å². The van der Waals surface area contributed by atoms with Gasteiger partial charge in [-0.05, 0) is 54.7 Å². The van der Waals surface area contributed by atoms with E-state index in [-0.39, 0.29) is 30.1 Å². The van der Waals surface area contributed by atoms with Crippen molar-refractivity contribution in [1.29, 1.82) is 0 Å². The Labute approximate surface area is 202 Å². The van der Waals surface area contributed by atoms with E-state index in [9.17, 15) is 8.42 Å². The lowest BCUT2D eigenvalue weighted by Crippen LogP contribution is -3.00. The van der Waals surface area contributed by atoms with Crippen molar-refractivity contribution in [2.45, 2.75) is 50.5 Å². The molecule has 0 amide bonds. The van der Waals surface area contributed by atoms with Gasteiger partial charge in [-0.1, -0.05) is 43.1 Å². The average Bonchev–Trinajstić information content (AvgIpc) is 2.72. The number of nitrogens with two attached hydrogens (primary N) is 1. The zero-order valence-electron chi connectivity index (χ0n) is 18.4. The monoisotopic (exact) mass is 498 g/mol. The highest BCUT2D eigenvalue weighted by Crippen LogP contribution is 2.52. The van der Waals surface area contributed by atoms with Gasteiger partial charge in [0, 0.05) is 23.6 Å². The molecule has 8 heteroatoms. The zero-order chi connectivity index (χ0) is 21.9. The number of hydrogen-bond donors (Lipinski definition) is 2. The first-order valence-corrected chi connectivity index (χ1v) is 13.3. The maximum absolute atomic E-state index is 11.8. The van der Waals surface area contributed by atoms with Gasteiger partial charge in [0.05, 0.1) is 17.7 Å². The van der Waals surface area contributed by atoms with Gasteiger partial charge < -0.3 is 22.5 Å². The lowest BCUT2D eigenvalue weighted by molar-refractivity contribution is -0.710. The Bertz CT molecular complexity index is 1010. The molecule has 0 aromatic heterocycles. The van der Waals surface area contributed by atoms with Gasteiger partial charge in [-0.15, -0.1) is 0 Å². The lowest BCUT2D eigenvalue weighted by atomic mass is 9.58. The SMILES string of the molecule is CCCS(=O)(=O)NCCOc1ccc2c(c1)C(C1(c3ccc(Cl)cc3)CCC1)[NH2+]CC2.[Cl-]. The predicted octanol–water partition coefficient (Wildman–Crippen LogP) is 0.335. The minimum atomic E-state index is -3.20. The first-order chi connectivity index (χ1) is 14.9. The fourth-order valence-electron chi connectivity index (χ4n) is 5.06. The molecule has 1 fully saturated rings. The highest BCUT2D eigenvalue weighted by atomic mass is 35.5. The number of fused-ring (bicyclic) bond motifs is 1. The molecular weight excluding hydrogens is 467 g/mol. The van der Waals surface area contributed by atoms with E-state index in [4.69, 9.17) is 16.3 Å². The Balaban J connectivity index is 0.00000289. The van der Waals surface area contributed by atoms with Crippen LogP contribution < -0.4 is 27.2 Å². The summed E-state index contributed by atoms with van der Waals surface area (Å²) in [5.74, 6) is 0.954. The Hall–Kier alpha value is -1.31. The summed E-state index contributed by atoms with van der Waals surface area (Å²) < 4.78 is 32.1. The summed E-state index contributed by atoms with van der Waals surface area (Å²) in [6.07, 6.45) is 5.27. The number of quaternary nitrogens is 1. The van der Waals surface area contributed by atoms with Crippen molar-refractivity contribution >= 4 is 21.6 Å². The summed E-state index contributed by atoms with van der Waals surface area (Å²) in [4.78, 5) is 0. The smallest absolute Gasteiger partial charge is 0.211 e.